The Bertz CT molecular complexity index is 867. The summed E-state index contributed by atoms with van der Waals surface area (Å²) in [6.07, 6.45) is 1.44. The van der Waals surface area contributed by atoms with Gasteiger partial charge in [0.25, 0.3) is 5.91 Å². The normalized spacial score (nSPS) is 16.7. The minimum atomic E-state index is -0.733. The lowest BCUT2D eigenvalue weighted by molar-refractivity contribution is -0.123. The lowest BCUT2D eigenvalue weighted by atomic mass is 9.74. The minimum absolute atomic E-state index is 0.293. The van der Waals surface area contributed by atoms with Gasteiger partial charge in [-0.15, -0.1) is 0 Å². The van der Waals surface area contributed by atoms with Crippen LogP contribution in [0, 0.1) is 5.82 Å². The zero-order valence-corrected chi connectivity index (χ0v) is 17.0. The Labute approximate surface area is 174 Å². The maximum absolute atomic E-state index is 13.3. The van der Waals surface area contributed by atoms with Gasteiger partial charge in [0.2, 0.25) is 5.91 Å². The molecule has 1 aliphatic heterocycles. The highest BCUT2D eigenvalue weighted by Gasteiger charge is 2.35. The Balaban J connectivity index is 1.64. The predicted molar refractivity (Wildman–Crippen MR) is 110 cm³/mol. The third kappa shape index (κ3) is 5.14. The van der Waals surface area contributed by atoms with Gasteiger partial charge in [0.05, 0.1) is 10.6 Å². The first-order valence-corrected chi connectivity index (χ1v) is 9.96. The zero-order valence-electron chi connectivity index (χ0n) is 16.2. The second-order valence-corrected chi connectivity index (χ2v) is 7.70. The Kier molecular flexibility index (Phi) is 6.87. The third-order valence-corrected chi connectivity index (χ3v) is 5.70. The molecule has 0 saturated carbocycles. The summed E-state index contributed by atoms with van der Waals surface area (Å²) in [5, 5.41) is 5.94. The zero-order chi connectivity index (χ0) is 20.9. The van der Waals surface area contributed by atoms with Crippen molar-refractivity contribution in [3.63, 3.8) is 0 Å². The van der Waals surface area contributed by atoms with E-state index in [-0.39, 0.29) is 17.1 Å². The maximum Gasteiger partial charge on any atom is 0.253 e. The monoisotopic (exact) mass is 418 g/mol. The Hall–Kier alpha value is -2.44. The predicted octanol–water partition coefficient (Wildman–Crippen LogP) is 3.46. The average Bonchev–Trinajstić information content (AvgIpc) is 2.73. The van der Waals surface area contributed by atoms with Gasteiger partial charge in [-0.25, -0.2) is 4.39 Å². The number of nitrogens with one attached hydrogen (secondary N) is 2. The number of ether oxygens (including phenoxy) is 1. The summed E-state index contributed by atoms with van der Waals surface area (Å²) in [4.78, 5) is 25.0. The number of benzene rings is 2. The fraction of sp³-hybridized carbons (Fsp3) is 0.364. The molecular formula is C22H24ClFN2O3. The van der Waals surface area contributed by atoms with Crippen LogP contribution in [0.25, 0.3) is 0 Å². The van der Waals surface area contributed by atoms with Crippen LogP contribution in [0.4, 0.5) is 4.39 Å². The summed E-state index contributed by atoms with van der Waals surface area (Å²) in [6.45, 7) is 3.16. The summed E-state index contributed by atoms with van der Waals surface area (Å²) < 4.78 is 18.8. The molecule has 29 heavy (non-hydrogen) atoms. The van der Waals surface area contributed by atoms with Gasteiger partial charge in [-0.2, -0.15) is 0 Å². The quantitative estimate of drug-likeness (QED) is 0.754. The van der Waals surface area contributed by atoms with Crippen molar-refractivity contribution in [2.45, 2.75) is 31.2 Å². The molecule has 0 spiro atoms. The molecule has 2 N–H and O–H groups in total. The molecule has 7 heteroatoms. The molecule has 0 bridgehead atoms. The van der Waals surface area contributed by atoms with Gasteiger partial charge < -0.3 is 15.4 Å². The average molecular weight is 419 g/mol. The van der Waals surface area contributed by atoms with Gasteiger partial charge in [-0.3, -0.25) is 9.59 Å². The van der Waals surface area contributed by atoms with Gasteiger partial charge in [-0.1, -0.05) is 35.9 Å². The highest BCUT2D eigenvalue weighted by atomic mass is 35.5. The summed E-state index contributed by atoms with van der Waals surface area (Å²) >= 11 is 6.04. The van der Waals surface area contributed by atoms with E-state index in [0.717, 1.165) is 18.4 Å². The molecule has 1 heterocycles. The van der Waals surface area contributed by atoms with Gasteiger partial charge in [0.1, 0.15) is 11.9 Å². The molecular weight excluding hydrogens is 395 g/mol. The second-order valence-electron chi connectivity index (χ2n) is 7.29. The van der Waals surface area contributed by atoms with Crippen molar-refractivity contribution in [2.75, 3.05) is 19.8 Å². The minimum Gasteiger partial charge on any atom is -0.381 e. The van der Waals surface area contributed by atoms with Crippen molar-refractivity contribution >= 4 is 23.4 Å². The summed E-state index contributed by atoms with van der Waals surface area (Å²) in [5.74, 6) is -0.994. The lowest BCUT2D eigenvalue weighted by Gasteiger charge is -2.38. The molecule has 1 atom stereocenters. The summed E-state index contributed by atoms with van der Waals surface area (Å²) in [5.41, 5.74) is 0.963. The standard InChI is InChI=1S/C22H24ClFN2O3/c1-15(26-21(28)18-4-2-3-5-19(18)23)20(27)25-14-22(10-12-29-13-11-22)16-6-8-17(24)9-7-16/h2-9,15H,10-14H2,1H3,(H,25,27)(H,26,28). The second kappa shape index (κ2) is 9.37. The van der Waals surface area contributed by atoms with E-state index in [2.05, 4.69) is 10.6 Å². The van der Waals surface area contributed by atoms with Crippen LogP contribution in [-0.4, -0.2) is 37.6 Å². The van der Waals surface area contributed by atoms with E-state index in [9.17, 15) is 14.0 Å². The molecule has 3 rings (SSSR count). The molecule has 0 aliphatic carbocycles. The Morgan fingerprint density at radius 2 is 1.79 bits per heavy atom. The highest BCUT2D eigenvalue weighted by Crippen LogP contribution is 2.34. The summed E-state index contributed by atoms with van der Waals surface area (Å²) in [7, 11) is 0. The van der Waals surface area contributed by atoms with E-state index in [1.54, 1.807) is 43.3 Å². The van der Waals surface area contributed by atoms with Crippen LogP contribution in [0.3, 0.4) is 0 Å². The molecule has 1 unspecified atom stereocenters. The van der Waals surface area contributed by atoms with Crippen LogP contribution in [0.5, 0.6) is 0 Å². The van der Waals surface area contributed by atoms with Crippen LogP contribution in [0.1, 0.15) is 35.7 Å². The first-order valence-electron chi connectivity index (χ1n) is 9.58. The van der Waals surface area contributed by atoms with E-state index in [1.807, 2.05) is 0 Å². The van der Waals surface area contributed by atoms with E-state index in [1.165, 1.54) is 12.1 Å². The van der Waals surface area contributed by atoms with Crippen LogP contribution >= 0.6 is 11.6 Å². The van der Waals surface area contributed by atoms with Crippen molar-refractivity contribution in [1.29, 1.82) is 0 Å². The first-order chi connectivity index (χ1) is 13.9. The fourth-order valence-corrected chi connectivity index (χ4v) is 3.75. The molecule has 1 fully saturated rings. The smallest absolute Gasteiger partial charge is 0.253 e. The SMILES string of the molecule is CC(NC(=O)c1ccccc1Cl)C(=O)NCC1(c2ccc(F)cc2)CCOCC1. The molecule has 2 aromatic rings. The summed E-state index contributed by atoms with van der Waals surface area (Å²) in [6, 6.07) is 12.3. The van der Waals surface area contributed by atoms with Gasteiger partial charge in [0.15, 0.2) is 0 Å². The van der Waals surface area contributed by atoms with Crippen molar-refractivity contribution in [2.24, 2.45) is 0 Å². The van der Waals surface area contributed by atoms with Crippen LogP contribution in [-0.2, 0) is 14.9 Å². The number of hydrogen-bond acceptors (Lipinski definition) is 3. The van der Waals surface area contributed by atoms with E-state index in [4.69, 9.17) is 16.3 Å². The first kappa shape index (κ1) is 21.3. The molecule has 0 radical (unpaired) electrons. The Morgan fingerprint density at radius 3 is 2.45 bits per heavy atom. The van der Waals surface area contributed by atoms with Crippen molar-refractivity contribution in [3.8, 4) is 0 Å². The molecule has 2 amide bonds. The van der Waals surface area contributed by atoms with Crippen LogP contribution < -0.4 is 10.6 Å². The number of hydrogen-bond donors (Lipinski definition) is 2. The molecule has 1 saturated heterocycles. The van der Waals surface area contributed by atoms with Crippen LogP contribution in [0.15, 0.2) is 48.5 Å². The molecule has 0 aromatic heterocycles. The van der Waals surface area contributed by atoms with Gasteiger partial charge >= 0.3 is 0 Å². The maximum atomic E-state index is 13.3. The van der Waals surface area contributed by atoms with Gasteiger partial charge in [0, 0.05) is 25.2 Å². The van der Waals surface area contributed by atoms with Crippen LogP contribution in [0.2, 0.25) is 5.02 Å². The number of halogens is 2. The number of carbonyl (C=O) groups is 2. The Morgan fingerprint density at radius 1 is 1.14 bits per heavy atom. The molecule has 2 aromatic carbocycles. The topological polar surface area (TPSA) is 67.4 Å². The molecule has 154 valence electrons. The van der Waals surface area contributed by atoms with E-state index in [0.29, 0.717) is 30.3 Å². The van der Waals surface area contributed by atoms with Crippen molar-refractivity contribution < 1.29 is 18.7 Å². The van der Waals surface area contributed by atoms with Crippen molar-refractivity contribution in [1.82, 2.24) is 10.6 Å². The highest BCUT2D eigenvalue weighted by molar-refractivity contribution is 6.33. The lowest BCUT2D eigenvalue weighted by Crippen LogP contribution is -2.50. The number of amides is 2. The number of carbonyl (C=O) groups excluding carboxylic acids is 2. The van der Waals surface area contributed by atoms with Gasteiger partial charge in [-0.05, 0) is 49.6 Å². The van der Waals surface area contributed by atoms with E-state index < -0.39 is 11.9 Å². The third-order valence-electron chi connectivity index (χ3n) is 5.37. The van der Waals surface area contributed by atoms with Crippen molar-refractivity contribution in [3.05, 3.63) is 70.5 Å². The molecule has 1 aliphatic rings. The van der Waals surface area contributed by atoms with E-state index >= 15 is 0 Å². The fourth-order valence-electron chi connectivity index (χ4n) is 3.53. The largest absolute Gasteiger partial charge is 0.381 e. The molecule has 5 nitrogen and oxygen atoms in total. The number of rotatable bonds is 6.